The quantitative estimate of drug-likeness (QED) is 0.625. The summed E-state index contributed by atoms with van der Waals surface area (Å²) in [4.78, 5) is 31.4. The van der Waals surface area contributed by atoms with Crippen LogP contribution in [-0.2, 0) is 11.3 Å². The van der Waals surface area contributed by atoms with Gasteiger partial charge in [0.15, 0.2) is 5.75 Å². The van der Waals surface area contributed by atoms with Gasteiger partial charge in [0.1, 0.15) is 17.9 Å². The van der Waals surface area contributed by atoms with E-state index in [1.807, 2.05) is 31.2 Å². The van der Waals surface area contributed by atoms with Gasteiger partial charge in [-0.15, -0.1) is 0 Å². The largest absolute Gasteiger partial charge is 0.494 e. The molecule has 1 N–H and O–H groups in total. The highest BCUT2D eigenvalue weighted by Crippen LogP contribution is 2.39. The minimum atomic E-state index is -0.389. The Morgan fingerprint density at radius 3 is 2.77 bits per heavy atom. The van der Waals surface area contributed by atoms with Crippen LogP contribution in [0.4, 0.5) is 5.69 Å². The van der Waals surface area contributed by atoms with Crippen LogP contribution < -0.4 is 19.7 Å². The Balaban J connectivity index is 1.52. The smallest absolute Gasteiger partial charge is 0.264 e. The van der Waals surface area contributed by atoms with Crippen molar-refractivity contribution in [2.45, 2.75) is 13.5 Å². The number of hydrogen-bond acceptors (Lipinski definition) is 5. The highest BCUT2D eigenvalue weighted by atomic mass is 35.5. The van der Waals surface area contributed by atoms with E-state index < -0.39 is 0 Å². The maximum absolute atomic E-state index is 13.2. The van der Waals surface area contributed by atoms with Crippen LogP contribution in [0.3, 0.4) is 0 Å². The summed E-state index contributed by atoms with van der Waals surface area (Å²) in [7, 11) is 0. The van der Waals surface area contributed by atoms with Gasteiger partial charge < -0.3 is 14.8 Å². The van der Waals surface area contributed by atoms with E-state index in [1.54, 1.807) is 36.5 Å². The summed E-state index contributed by atoms with van der Waals surface area (Å²) in [5, 5.41) is 3.27. The van der Waals surface area contributed by atoms with Crippen molar-refractivity contribution in [3.05, 3.63) is 76.9 Å². The molecular weight excluding hydrogens is 418 g/mol. The van der Waals surface area contributed by atoms with Crippen molar-refractivity contribution in [1.29, 1.82) is 0 Å². The van der Waals surface area contributed by atoms with E-state index in [9.17, 15) is 9.59 Å². The number of anilines is 1. The first-order valence-electron chi connectivity index (χ1n) is 9.78. The van der Waals surface area contributed by atoms with Crippen molar-refractivity contribution in [3.8, 4) is 17.4 Å². The van der Waals surface area contributed by atoms with Gasteiger partial charge in [-0.05, 0) is 55.0 Å². The molecule has 158 valence electrons. The normalized spacial score (nSPS) is 12.3. The fourth-order valence-corrected chi connectivity index (χ4v) is 3.38. The molecule has 0 bridgehead atoms. The zero-order valence-corrected chi connectivity index (χ0v) is 17.6. The molecule has 0 saturated carbocycles. The Morgan fingerprint density at radius 2 is 2.00 bits per heavy atom. The molecule has 0 aliphatic carbocycles. The van der Waals surface area contributed by atoms with E-state index in [4.69, 9.17) is 21.1 Å². The SMILES string of the molecule is CCOc1ccc(CNC(=O)CN2C(=O)c3cccnc3Oc3ccc(Cl)cc32)cc1. The Morgan fingerprint density at radius 1 is 1.19 bits per heavy atom. The second-order valence-electron chi connectivity index (χ2n) is 6.82. The number of amides is 2. The van der Waals surface area contributed by atoms with E-state index in [1.165, 1.54) is 4.90 Å². The van der Waals surface area contributed by atoms with Crippen LogP contribution >= 0.6 is 11.6 Å². The van der Waals surface area contributed by atoms with Gasteiger partial charge >= 0.3 is 0 Å². The summed E-state index contributed by atoms with van der Waals surface area (Å²) >= 11 is 6.15. The highest BCUT2D eigenvalue weighted by molar-refractivity contribution is 6.31. The Hall–Kier alpha value is -3.58. The number of carbonyl (C=O) groups excluding carboxylic acids is 2. The Labute approximate surface area is 184 Å². The molecule has 7 nitrogen and oxygen atoms in total. The molecule has 0 spiro atoms. The molecule has 0 saturated heterocycles. The van der Waals surface area contributed by atoms with Gasteiger partial charge in [0.2, 0.25) is 11.8 Å². The van der Waals surface area contributed by atoms with E-state index >= 15 is 0 Å². The third-order valence-corrected chi connectivity index (χ3v) is 4.93. The van der Waals surface area contributed by atoms with E-state index in [2.05, 4.69) is 10.3 Å². The number of fused-ring (bicyclic) bond motifs is 2. The van der Waals surface area contributed by atoms with E-state index in [0.29, 0.717) is 29.6 Å². The minimum absolute atomic E-state index is 0.188. The lowest BCUT2D eigenvalue weighted by atomic mass is 10.2. The zero-order valence-electron chi connectivity index (χ0n) is 16.8. The summed E-state index contributed by atoms with van der Waals surface area (Å²) in [5.41, 5.74) is 1.60. The van der Waals surface area contributed by atoms with Crippen LogP contribution in [0.1, 0.15) is 22.8 Å². The lowest BCUT2D eigenvalue weighted by molar-refractivity contribution is -0.119. The number of halogens is 1. The molecule has 2 aromatic carbocycles. The summed E-state index contributed by atoms with van der Waals surface area (Å²) in [6, 6.07) is 15.6. The van der Waals surface area contributed by atoms with Crippen molar-refractivity contribution >= 4 is 29.1 Å². The molecule has 1 aliphatic rings. The fourth-order valence-electron chi connectivity index (χ4n) is 3.21. The second-order valence-corrected chi connectivity index (χ2v) is 7.25. The minimum Gasteiger partial charge on any atom is -0.494 e. The van der Waals surface area contributed by atoms with E-state index in [0.717, 1.165) is 11.3 Å². The fraction of sp³-hybridized carbons (Fsp3) is 0.174. The van der Waals surface area contributed by atoms with Gasteiger partial charge in [-0.25, -0.2) is 4.98 Å². The molecule has 1 aliphatic heterocycles. The van der Waals surface area contributed by atoms with Gasteiger partial charge in [-0.1, -0.05) is 23.7 Å². The molecule has 8 heteroatoms. The Bertz CT molecular complexity index is 1120. The van der Waals surface area contributed by atoms with E-state index in [-0.39, 0.29) is 29.8 Å². The lowest BCUT2D eigenvalue weighted by Crippen LogP contribution is -2.40. The van der Waals surface area contributed by atoms with Gasteiger partial charge in [-0.3, -0.25) is 14.5 Å². The van der Waals surface area contributed by atoms with Gasteiger partial charge in [0, 0.05) is 17.8 Å². The van der Waals surface area contributed by atoms with Gasteiger partial charge in [0.05, 0.1) is 12.3 Å². The molecule has 0 atom stereocenters. The average Bonchev–Trinajstić information content (AvgIpc) is 2.88. The zero-order chi connectivity index (χ0) is 21.8. The van der Waals surface area contributed by atoms with Gasteiger partial charge in [0.25, 0.3) is 5.91 Å². The van der Waals surface area contributed by atoms with Crippen LogP contribution in [0.2, 0.25) is 5.02 Å². The predicted molar refractivity (Wildman–Crippen MR) is 117 cm³/mol. The first-order valence-corrected chi connectivity index (χ1v) is 10.2. The molecule has 0 radical (unpaired) electrons. The van der Waals surface area contributed by atoms with Crippen LogP contribution in [0, 0.1) is 0 Å². The van der Waals surface area contributed by atoms with Crippen LogP contribution in [0.5, 0.6) is 17.4 Å². The Kier molecular flexibility index (Phi) is 6.04. The molecular formula is C23H20ClN3O4. The maximum atomic E-state index is 13.2. The van der Waals surface area contributed by atoms with Crippen molar-refractivity contribution in [3.63, 3.8) is 0 Å². The number of nitrogens with zero attached hydrogens (tertiary/aromatic N) is 2. The summed E-state index contributed by atoms with van der Waals surface area (Å²) in [6.07, 6.45) is 1.54. The molecule has 31 heavy (non-hydrogen) atoms. The van der Waals surface area contributed by atoms with Crippen LogP contribution in [-0.4, -0.2) is 29.9 Å². The van der Waals surface area contributed by atoms with Crippen molar-refractivity contribution < 1.29 is 19.1 Å². The topological polar surface area (TPSA) is 80.8 Å². The van der Waals surface area contributed by atoms with Crippen LogP contribution in [0.25, 0.3) is 0 Å². The molecule has 1 aromatic heterocycles. The molecule has 0 fully saturated rings. The number of carbonyl (C=O) groups is 2. The predicted octanol–water partition coefficient (Wildman–Crippen LogP) is 4.20. The summed E-state index contributed by atoms with van der Waals surface area (Å²) in [6.45, 7) is 2.64. The molecule has 0 unspecified atom stereocenters. The number of ether oxygens (including phenoxy) is 2. The van der Waals surface area contributed by atoms with Crippen molar-refractivity contribution in [2.75, 3.05) is 18.1 Å². The number of hydrogen-bond donors (Lipinski definition) is 1. The first-order chi connectivity index (χ1) is 15.0. The average molecular weight is 438 g/mol. The number of aromatic nitrogens is 1. The second kappa shape index (κ2) is 9.06. The van der Waals surface area contributed by atoms with Crippen molar-refractivity contribution in [1.82, 2.24) is 10.3 Å². The number of rotatable bonds is 6. The highest BCUT2D eigenvalue weighted by Gasteiger charge is 2.30. The number of nitrogens with one attached hydrogen (secondary N) is 1. The standard InChI is InChI=1S/C23H20ClN3O4/c1-2-30-17-8-5-15(6-9-17)13-26-21(28)14-27-19-12-16(24)7-10-20(19)31-22-18(23(27)29)4-3-11-25-22/h3-12H,2,13-14H2,1H3,(H,26,28). The summed E-state index contributed by atoms with van der Waals surface area (Å²) in [5.74, 6) is 0.650. The lowest BCUT2D eigenvalue weighted by Gasteiger charge is -2.21. The number of pyridine rings is 1. The monoisotopic (exact) mass is 437 g/mol. The summed E-state index contributed by atoms with van der Waals surface area (Å²) < 4.78 is 11.2. The van der Waals surface area contributed by atoms with Crippen LogP contribution in [0.15, 0.2) is 60.8 Å². The first kappa shape index (κ1) is 20.7. The third kappa shape index (κ3) is 4.62. The number of benzene rings is 2. The third-order valence-electron chi connectivity index (χ3n) is 4.69. The van der Waals surface area contributed by atoms with Crippen molar-refractivity contribution in [2.24, 2.45) is 0 Å². The molecule has 2 amide bonds. The maximum Gasteiger partial charge on any atom is 0.264 e. The molecule has 2 heterocycles. The molecule has 3 aromatic rings. The molecule has 4 rings (SSSR count). The van der Waals surface area contributed by atoms with Gasteiger partial charge in [-0.2, -0.15) is 0 Å².